The van der Waals surface area contributed by atoms with Gasteiger partial charge in [0, 0.05) is 6.04 Å². The van der Waals surface area contributed by atoms with E-state index in [1.165, 1.54) is 0 Å². The highest BCUT2D eigenvalue weighted by Gasteiger charge is 2.42. The van der Waals surface area contributed by atoms with E-state index in [1.54, 1.807) is 0 Å². The maximum Gasteiger partial charge on any atom is 0.391 e. The van der Waals surface area contributed by atoms with Gasteiger partial charge in [-0.15, -0.1) is 0 Å². The third-order valence-electron chi connectivity index (χ3n) is 4.45. The van der Waals surface area contributed by atoms with Gasteiger partial charge in [-0.1, -0.05) is 24.1 Å². The number of hydrogen-bond donors (Lipinski definition) is 1. The van der Waals surface area contributed by atoms with E-state index in [0.29, 0.717) is 18.6 Å². The van der Waals surface area contributed by atoms with Crippen LogP contribution in [0.15, 0.2) is 12.1 Å². The van der Waals surface area contributed by atoms with Gasteiger partial charge in [-0.3, -0.25) is 4.79 Å². The minimum atomic E-state index is -4.18. The van der Waals surface area contributed by atoms with E-state index in [4.69, 9.17) is 4.74 Å². The van der Waals surface area contributed by atoms with Crippen molar-refractivity contribution in [2.75, 3.05) is 6.61 Å². The Kier molecular flexibility index (Phi) is 5.78. The third-order valence-corrected chi connectivity index (χ3v) is 4.45. The molecule has 0 aliphatic heterocycles. The molecule has 1 aliphatic rings. The monoisotopic (exact) mass is 343 g/mol. The predicted octanol–water partition coefficient (Wildman–Crippen LogP) is 4.23. The van der Waals surface area contributed by atoms with Crippen LogP contribution in [0.1, 0.15) is 42.4 Å². The van der Waals surface area contributed by atoms with Crippen LogP contribution in [-0.2, 0) is 4.79 Å². The van der Waals surface area contributed by atoms with Crippen molar-refractivity contribution in [1.82, 2.24) is 5.32 Å². The van der Waals surface area contributed by atoms with Gasteiger partial charge < -0.3 is 10.1 Å². The van der Waals surface area contributed by atoms with Crippen LogP contribution in [0.5, 0.6) is 5.75 Å². The molecule has 1 aromatic rings. The summed E-state index contributed by atoms with van der Waals surface area (Å²) in [5, 5.41) is 2.68. The first-order chi connectivity index (χ1) is 11.2. The van der Waals surface area contributed by atoms with Gasteiger partial charge in [-0.25, -0.2) is 0 Å². The molecule has 1 aromatic carbocycles. The number of alkyl halides is 3. The SMILES string of the molecule is Cc1cc(C)c(OCC(=O)NC2CCCC(C(F)(F)F)C2)c(C)c1. The number of benzene rings is 1. The molecule has 2 atom stereocenters. The average molecular weight is 343 g/mol. The zero-order chi connectivity index (χ0) is 17.9. The summed E-state index contributed by atoms with van der Waals surface area (Å²) in [4.78, 5) is 12.0. The molecule has 0 aromatic heterocycles. The Morgan fingerprint density at radius 2 is 1.83 bits per heavy atom. The molecule has 1 N–H and O–H groups in total. The van der Waals surface area contributed by atoms with Crippen molar-refractivity contribution in [1.29, 1.82) is 0 Å². The fourth-order valence-corrected chi connectivity index (χ4v) is 3.42. The third kappa shape index (κ3) is 4.89. The Labute approximate surface area is 140 Å². The van der Waals surface area contributed by atoms with Crippen molar-refractivity contribution in [2.45, 2.75) is 58.7 Å². The average Bonchev–Trinajstić information content (AvgIpc) is 2.45. The summed E-state index contributed by atoms with van der Waals surface area (Å²) < 4.78 is 44.0. The van der Waals surface area contributed by atoms with E-state index in [9.17, 15) is 18.0 Å². The number of ether oxygens (including phenoxy) is 1. The lowest BCUT2D eigenvalue weighted by atomic mass is 9.85. The highest BCUT2D eigenvalue weighted by Crippen LogP contribution is 2.37. The smallest absolute Gasteiger partial charge is 0.391 e. The quantitative estimate of drug-likeness (QED) is 0.888. The van der Waals surface area contributed by atoms with Gasteiger partial charge in [0.1, 0.15) is 5.75 Å². The summed E-state index contributed by atoms with van der Waals surface area (Å²) in [7, 11) is 0. The molecule has 0 bridgehead atoms. The second-order valence-corrected chi connectivity index (χ2v) is 6.69. The molecule has 6 heteroatoms. The molecule has 0 saturated heterocycles. The molecule has 3 nitrogen and oxygen atoms in total. The van der Waals surface area contributed by atoms with Gasteiger partial charge in [0.05, 0.1) is 5.92 Å². The first kappa shape index (κ1) is 18.6. The lowest BCUT2D eigenvalue weighted by Gasteiger charge is -2.31. The lowest BCUT2D eigenvalue weighted by Crippen LogP contribution is -2.43. The van der Waals surface area contributed by atoms with Gasteiger partial charge in [-0.05, 0) is 51.2 Å². The van der Waals surface area contributed by atoms with E-state index in [0.717, 1.165) is 16.7 Å². The fraction of sp³-hybridized carbons (Fsp3) is 0.611. The van der Waals surface area contributed by atoms with E-state index in [-0.39, 0.29) is 25.4 Å². The summed E-state index contributed by atoms with van der Waals surface area (Å²) in [6, 6.07) is 3.51. The van der Waals surface area contributed by atoms with Crippen LogP contribution in [0.4, 0.5) is 13.2 Å². The van der Waals surface area contributed by atoms with Gasteiger partial charge in [0.2, 0.25) is 0 Å². The van der Waals surface area contributed by atoms with Crippen LogP contribution in [0.2, 0.25) is 0 Å². The molecule has 2 unspecified atom stereocenters. The first-order valence-electron chi connectivity index (χ1n) is 8.23. The molecular formula is C18H24F3NO2. The zero-order valence-corrected chi connectivity index (χ0v) is 14.3. The molecule has 1 amide bonds. The maximum absolute atomic E-state index is 12.8. The summed E-state index contributed by atoms with van der Waals surface area (Å²) in [5.41, 5.74) is 2.99. The molecule has 1 fully saturated rings. The van der Waals surface area contributed by atoms with Gasteiger partial charge in [-0.2, -0.15) is 13.2 Å². The Hall–Kier alpha value is -1.72. The molecule has 1 aliphatic carbocycles. The predicted molar refractivity (Wildman–Crippen MR) is 86.1 cm³/mol. The molecule has 0 radical (unpaired) electrons. The normalized spacial score (nSPS) is 21.4. The summed E-state index contributed by atoms with van der Waals surface area (Å²) >= 11 is 0. The van der Waals surface area contributed by atoms with Crippen LogP contribution >= 0.6 is 0 Å². The standard InChI is InChI=1S/C18H24F3NO2/c1-11-7-12(2)17(13(3)8-11)24-10-16(23)22-15-6-4-5-14(9-15)18(19,20)21/h7-8,14-15H,4-6,9-10H2,1-3H3,(H,22,23). The second-order valence-electron chi connectivity index (χ2n) is 6.69. The van der Waals surface area contributed by atoms with E-state index >= 15 is 0 Å². The molecule has 0 heterocycles. The molecular weight excluding hydrogens is 319 g/mol. The topological polar surface area (TPSA) is 38.3 Å². The fourth-order valence-electron chi connectivity index (χ4n) is 3.42. The number of rotatable bonds is 4. The highest BCUT2D eigenvalue weighted by molar-refractivity contribution is 5.78. The number of carbonyl (C=O) groups is 1. The molecule has 1 saturated carbocycles. The number of aryl methyl sites for hydroxylation is 3. The molecule has 2 rings (SSSR count). The van der Waals surface area contributed by atoms with Crippen molar-refractivity contribution in [3.63, 3.8) is 0 Å². The van der Waals surface area contributed by atoms with E-state index in [2.05, 4.69) is 5.32 Å². The zero-order valence-electron chi connectivity index (χ0n) is 14.3. The summed E-state index contributed by atoms with van der Waals surface area (Å²) in [5.74, 6) is -1.03. The maximum atomic E-state index is 12.8. The Morgan fingerprint density at radius 1 is 1.21 bits per heavy atom. The Bertz CT molecular complexity index is 575. The van der Waals surface area contributed by atoms with Gasteiger partial charge in [0.15, 0.2) is 6.61 Å². The molecule has 24 heavy (non-hydrogen) atoms. The van der Waals surface area contributed by atoms with Gasteiger partial charge in [0.25, 0.3) is 5.91 Å². The summed E-state index contributed by atoms with van der Waals surface area (Å²) in [6.07, 6.45) is -3.02. The van der Waals surface area contributed by atoms with Crippen molar-refractivity contribution in [3.8, 4) is 5.75 Å². The number of amides is 1. The van der Waals surface area contributed by atoms with Crippen molar-refractivity contribution in [3.05, 3.63) is 28.8 Å². The molecule has 134 valence electrons. The van der Waals surface area contributed by atoms with Crippen molar-refractivity contribution >= 4 is 5.91 Å². The summed E-state index contributed by atoms with van der Waals surface area (Å²) in [6.45, 7) is 5.61. The van der Waals surface area contributed by atoms with E-state index in [1.807, 2.05) is 32.9 Å². The van der Waals surface area contributed by atoms with Crippen molar-refractivity contribution < 1.29 is 22.7 Å². The number of halogens is 3. The minimum Gasteiger partial charge on any atom is -0.483 e. The minimum absolute atomic E-state index is 0.0438. The van der Waals surface area contributed by atoms with Crippen molar-refractivity contribution in [2.24, 2.45) is 5.92 Å². The second kappa shape index (κ2) is 7.45. The Balaban J connectivity index is 1.88. The van der Waals surface area contributed by atoms with Crippen LogP contribution in [0.3, 0.4) is 0 Å². The van der Waals surface area contributed by atoms with E-state index < -0.39 is 18.1 Å². The number of nitrogens with one attached hydrogen (secondary N) is 1. The highest BCUT2D eigenvalue weighted by atomic mass is 19.4. The largest absolute Gasteiger partial charge is 0.483 e. The van der Waals surface area contributed by atoms with Crippen LogP contribution in [0.25, 0.3) is 0 Å². The molecule has 0 spiro atoms. The number of carbonyl (C=O) groups excluding carboxylic acids is 1. The van der Waals surface area contributed by atoms with Gasteiger partial charge >= 0.3 is 6.18 Å². The van der Waals surface area contributed by atoms with Crippen LogP contribution in [-0.4, -0.2) is 24.7 Å². The van der Waals surface area contributed by atoms with Crippen LogP contribution < -0.4 is 10.1 Å². The first-order valence-corrected chi connectivity index (χ1v) is 8.23. The number of hydrogen-bond acceptors (Lipinski definition) is 2. The lowest BCUT2D eigenvalue weighted by molar-refractivity contribution is -0.184. The van der Waals surface area contributed by atoms with Crippen LogP contribution in [0, 0.1) is 26.7 Å². The Morgan fingerprint density at radius 3 is 2.42 bits per heavy atom.